The summed E-state index contributed by atoms with van der Waals surface area (Å²) in [7, 11) is 4.31. The van der Waals surface area contributed by atoms with Crippen molar-refractivity contribution in [2.45, 2.75) is 25.2 Å². The number of halogens is 1. The lowest BCUT2D eigenvalue weighted by atomic mass is 9.89. The molecule has 0 bridgehead atoms. The van der Waals surface area contributed by atoms with Crippen LogP contribution in [0.15, 0.2) is 53.7 Å². The van der Waals surface area contributed by atoms with Crippen molar-refractivity contribution in [1.29, 1.82) is 0 Å². The summed E-state index contributed by atoms with van der Waals surface area (Å²) >= 11 is 2.37. The predicted molar refractivity (Wildman–Crippen MR) is 141 cm³/mol. The maximum atomic E-state index is 4.51. The van der Waals surface area contributed by atoms with E-state index in [9.17, 15) is 0 Å². The summed E-state index contributed by atoms with van der Waals surface area (Å²) in [6.45, 7) is 5.59. The molecule has 0 unspecified atom stereocenters. The number of likely N-dealkylation sites (tertiary alicyclic amines) is 1. The van der Waals surface area contributed by atoms with E-state index < -0.39 is 0 Å². The lowest BCUT2D eigenvalue weighted by Gasteiger charge is -2.32. The molecule has 31 heavy (non-hydrogen) atoms. The molecule has 0 atom stereocenters. The largest absolute Gasteiger partial charge is 0.361 e. The summed E-state index contributed by atoms with van der Waals surface area (Å²) in [5.74, 6) is 0.694. The van der Waals surface area contributed by atoms with Gasteiger partial charge in [-0.05, 0) is 135 Å². The van der Waals surface area contributed by atoms with Crippen LogP contribution in [0.5, 0.6) is 0 Å². The van der Waals surface area contributed by atoms with E-state index in [-0.39, 0.29) is 0 Å². The summed E-state index contributed by atoms with van der Waals surface area (Å²) < 4.78 is 1.26. The number of rotatable bonds is 7. The Morgan fingerprint density at radius 2 is 1.90 bits per heavy atom. The molecule has 0 radical (unpaired) electrons. The molecule has 4 nitrogen and oxygen atoms in total. The number of nitrogens with one attached hydrogen (secondary N) is 1. The van der Waals surface area contributed by atoms with E-state index in [0.717, 1.165) is 12.2 Å². The van der Waals surface area contributed by atoms with E-state index >= 15 is 0 Å². The quantitative estimate of drug-likeness (QED) is 0.495. The first kappa shape index (κ1) is 22.5. The lowest BCUT2D eigenvalue weighted by Crippen LogP contribution is -2.34. The summed E-state index contributed by atoms with van der Waals surface area (Å²) in [5, 5.41) is 3.49. The van der Waals surface area contributed by atoms with E-state index in [1.807, 2.05) is 6.21 Å². The van der Waals surface area contributed by atoms with E-state index in [1.165, 1.54) is 71.3 Å². The number of piperidine rings is 1. The zero-order valence-corrected chi connectivity index (χ0v) is 20.8. The van der Waals surface area contributed by atoms with Gasteiger partial charge in [0.05, 0.1) is 6.54 Å². The van der Waals surface area contributed by atoms with Gasteiger partial charge in [0, 0.05) is 21.7 Å². The third-order valence-corrected chi connectivity index (χ3v) is 6.99. The van der Waals surface area contributed by atoms with E-state index in [1.54, 1.807) is 0 Å². The molecular formula is C26H33IN4. The average Bonchev–Trinajstić information content (AvgIpc) is 2.78. The van der Waals surface area contributed by atoms with Crippen LogP contribution in [0.3, 0.4) is 0 Å². The zero-order valence-electron chi connectivity index (χ0n) is 18.6. The normalized spacial score (nSPS) is 18.5. The fourth-order valence-corrected chi connectivity index (χ4v) is 4.98. The Labute approximate surface area is 200 Å². The lowest BCUT2D eigenvalue weighted by molar-refractivity contribution is 0.203. The molecule has 0 saturated carbocycles. The smallest absolute Gasteiger partial charge is 0.0660 e. The Morgan fingerprint density at radius 3 is 2.65 bits per heavy atom. The number of hydrogen-bond acceptors (Lipinski definition) is 4. The van der Waals surface area contributed by atoms with Crippen molar-refractivity contribution in [1.82, 2.24) is 9.80 Å². The molecule has 164 valence electrons. The first-order valence-electron chi connectivity index (χ1n) is 11.3. The fraction of sp³-hybridized carbons (Fsp3) is 0.423. The van der Waals surface area contributed by atoms with Crippen molar-refractivity contribution >= 4 is 40.1 Å². The average molecular weight is 528 g/mol. The van der Waals surface area contributed by atoms with E-state index in [2.05, 4.69) is 105 Å². The topological polar surface area (TPSA) is 30.9 Å². The molecule has 2 heterocycles. The van der Waals surface area contributed by atoms with Crippen molar-refractivity contribution in [3.63, 3.8) is 0 Å². The molecule has 1 N–H and O–H groups in total. The van der Waals surface area contributed by atoms with Crippen molar-refractivity contribution in [3.05, 3.63) is 68.9 Å². The maximum Gasteiger partial charge on any atom is 0.0660 e. The van der Waals surface area contributed by atoms with E-state index in [4.69, 9.17) is 0 Å². The molecular weight excluding hydrogens is 495 g/mol. The van der Waals surface area contributed by atoms with Crippen LogP contribution in [0, 0.1) is 3.57 Å². The number of benzene rings is 2. The number of nitrogens with zero attached hydrogens (tertiary/aromatic N) is 3. The van der Waals surface area contributed by atoms with Crippen LogP contribution in [0.1, 0.15) is 41.9 Å². The highest BCUT2D eigenvalue weighted by atomic mass is 127. The second-order valence-corrected chi connectivity index (χ2v) is 10.2. The first-order valence-corrected chi connectivity index (χ1v) is 12.4. The molecule has 2 aliphatic rings. The summed E-state index contributed by atoms with van der Waals surface area (Å²) in [5.41, 5.74) is 6.33. The minimum absolute atomic E-state index is 0.694. The fourth-order valence-electron chi connectivity index (χ4n) is 4.49. The van der Waals surface area contributed by atoms with E-state index in [0.29, 0.717) is 5.92 Å². The monoisotopic (exact) mass is 528 g/mol. The molecule has 2 aromatic rings. The number of fused-ring (bicyclic) bond motifs is 1. The van der Waals surface area contributed by atoms with Crippen LogP contribution in [0.25, 0.3) is 5.57 Å². The molecule has 0 amide bonds. The highest BCUT2D eigenvalue weighted by Crippen LogP contribution is 2.29. The SMILES string of the molecule is CN(C)CCCN1CCC(c2ccc(N/C=C3\CN=Cc4ccc(I)cc43)cc2)CC1. The Hall–Kier alpha value is -1.70. The molecule has 2 aliphatic heterocycles. The Balaban J connectivity index is 1.31. The number of aliphatic imine (C=N–C) groups is 1. The summed E-state index contributed by atoms with van der Waals surface area (Å²) in [6, 6.07) is 15.6. The van der Waals surface area contributed by atoms with Crippen LogP contribution in [-0.2, 0) is 0 Å². The minimum Gasteiger partial charge on any atom is -0.361 e. The van der Waals surface area contributed by atoms with Gasteiger partial charge < -0.3 is 15.1 Å². The predicted octanol–water partition coefficient (Wildman–Crippen LogP) is 5.31. The maximum absolute atomic E-state index is 4.51. The first-order chi connectivity index (χ1) is 15.1. The van der Waals surface area contributed by atoms with Crippen LogP contribution in [0.4, 0.5) is 5.69 Å². The number of anilines is 1. The van der Waals surface area contributed by atoms with Gasteiger partial charge in [-0.2, -0.15) is 0 Å². The highest BCUT2D eigenvalue weighted by Gasteiger charge is 2.20. The van der Waals surface area contributed by atoms with Crippen molar-refractivity contribution in [3.8, 4) is 0 Å². The Bertz CT molecular complexity index is 925. The van der Waals surface area contributed by atoms with Crippen molar-refractivity contribution < 1.29 is 0 Å². The third kappa shape index (κ3) is 6.18. The molecule has 5 heteroatoms. The highest BCUT2D eigenvalue weighted by molar-refractivity contribution is 14.1. The third-order valence-electron chi connectivity index (χ3n) is 6.32. The van der Waals surface area contributed by atoms with Gasteiger partial charge in [0.15, 0.2) is 0 Å². The van der Waals surface area contributed by atoms with Gasteiger partial charge in [0.1, 0.15) is 0 Å². The van der Waals surface area contributed by atoms with Gasteiger partial charge in [0.2, 0.25) is 0 Å². The number of hydrogen-bond donors (Lipinski definition) is 1. The molecule has 2 aromatic carbocycles. The molecule has 1 fully saturated rings. The van der Waals surface area contributed by atoms with Crippen LogP contribution < -0.4 is 5.32 Å². The van der Waals surface area contributed by atoms with Crippen molar-refractivity contribution in [2.24, 2.45) is 4.99 Å². The van der Waals surface area contributed by atoms with Crippen molar-refractivity contribution in [2.75, 3.05) is 52.1 Å². The second kappa shape index (κ2) is 10.7. The standard InChI is InChI=1S/C26H33IN4/c1-30(2)12-3-13-31-14-10-21(11-15-31)20-5-8-25(9-6-20)29-19-23-18-28-17-22-4-7-24(27)16-26(22)23/h4-9,16-17,19,21,29H,3,10-15,18H2,1-2H3/b23-19+. The van der Waals surface area contributed by atoms with Gasteiger partial charge in [0.25, 0.3) is 0 Å². The molecule has 0 aliphatic carbocycles. The van der Waals surface area contributed by atoms with Crippen LogP contribution in [0.2, 0.25) is 0 Å². The second-order valence-electron chi connectivity index (χ2n) is 8.91. The Morgan fingerprint density at radius 1 is 1.13 bits per heavy atom. The summed E-state index contributed by atoms with van der Waals surface area (Å²) in [6.07, 6.45) is 7.90. The molecule has 1 saturated heterocycles. The van der Waals surface area contributed by atoms with Gasteiger partial charge in [-0.25, -0.2) is 0 Å². The molecule has 0 spiro atoms. The van der Waals surface area contributed by atoms with Crippen LogP contribution >= 0.6 is 22.6 Å². The zero-order chi connectivity index (χ0) is 21.6. The molecule has 4 rings (SSSR count). The van der Waals surface area contributed by atoms with Crippen LogP contribution in [-0.4, -0.2) is 62.8 Å². The van der Waals surface area contributed by atoms with Gasteiger partial charge in [-0.3, -0.25) is 4.99 Å². The van der Waals surface area contributed by atoms with Gasteiger partial charge in [-0.15, -0.1) is 0 Å². The minimum atomic E-state index is 0.694. The summed E-state index contributed by atoms with van der Waals surface area (Å²) in [4.78, 5) is 9.42. The molecule has 0 aromatic heterocycles. The van der Waals surface area contributed by atoms with Gasteiger partial charge in [-0.1, -0.05) is 18.2 Å². The Kier molecular flexibility index (Phi) is 7.80. The van der Waals surface area contributed by atoms with Gasteiger partial charge >= 0.3 is 0 Å².